The van der Waals surface area contributed by atoms with Gasteiger partial charge in [0.2, 0.25) is 5.91 Å². The standard InChI is InChI=1S/C20H17ClF3N3O4S/c1-9-3-12(21)6-13(17(9)29)18(30)27-19-26-16-10(7-25-15(28)8-31-2)4-11(20(22,23)24)5-14(16)32-19/h3-6,29H,7-8H2,1-2H3,(H,25,28)(H,26,27,30). The molecule has 1 aromatic heterocycles. The van der Waals surface area contributed by atoms with Crippen molar-refractivity contribution in [3.05, 3.63) is 51.5 Å². The Morgan fingerprint density at radius 3 is 2.62 bits per heavy atom. The number of rotatable bonds is 6. The fourth-order valence-corrected chi connectivity index (χ4v) is 4.12. The number of halogens is 4. The molecule has 0 aliphatic rings. The van der Waals surface area contributed by atoms with Crippen LogP contribution in [0.25, 0.3) is 10.2 Å². The third kappa shape index (κ3) is 5.29. The molecule has 0 bridgehead atoms. The number of fused-ring (bicyclic) bond motifs is 1. The molecule has 12 heteroatoms. The number of carbonyl (C=O) groups is 2. The first kappa shape index (κ1) is 23.8. The van der Waals surface area contributed by atoms with Gasteiger partial charge in [-0.3, -0.25) is 14.9 Å². The van der Waals surface area contributed by atoms with Gasteiger partial charge in [0, 0.05) is 18.7 Å². The summed E-state index contributed by atoms with van der Waals surface area (Å²) in [6, 6.07) is 4.57. The Morgan fingerprint density at radius 1 is 1.25 bits per heavy atom. The van der Waals surface area contributed by atoms with E-state index in [-0.39, 0.29) is 50.4 Å². The lowest BCUT2D eigenvalue weighted by atomic mass is 10.1. The number of benzene rings is 2. The summed E-state index contributed by atoms with van der Waals surface area (Å²) >= 11 is 6.77. The minimum absolute atomic E-state index is 0.0193. The van der Waals surface area contributed by atoms with Gasteiger partial charge in [-0.1, -0.05) is 22.9 Å². The van der Waals surface area contributed by atoms with Crippen LogP contribution in [-0.2, 0) is 22.3 Å². The number of anilines is 1. The molecule has 0 radical (unpaired) electrons. The molecule has 3 N–H and O–H groups in total. The summed E-state index contributed by atoms with van der Waals surface area (Å²) in [5.41, 5.74) is -0.307. The lowest BCUT2D eigenvalue weighted by molar-refractivity contribution is -0.137. The second-order valence-corrected chi connectivity index (χ2v) is 8.25. The summed E-state index contributed by atoms with van der Waals surface area (Å²) < 4.78 is 44.9. The average molecular weight is 488 g/mol. The van der Waals surface area contributed by atoms with E-state index in [1.807, 2.05) is 0 Å². The van der Waals surface area contributed by atoms with Crippen LogP contribution in [0.5, 0.6) is 5.75 Å². The van der Waals surface area contributed by atoms with Gasteiger partial charge >= 0.3 is 6.18 Å². The van der Waals surface area contributed by atoms with Gasteiger partial charge in [-0.2, -0.15) is 13.2 Å². The van der Waals surface area contributed by atoms with Crippen LogP contribution in [0.2, 0.25) is 5.02 Å². The molecule has 170 valence electrons. The monoisotopic (exact) mass is 487 g/mol. The van der Waals surface area contributed by atoms with Crippen LogP contribution in [0.3, 0.4) is 0 Å². The SMILES string of the molecule is COCC(=O)NCc1cc(C(F)(F)F)cc2sc(NC(=O)c3cc(Cl)cc(C)c3O)nc12. The summed E-state index contributed by atoms with van der Waals surface area (Å²) in [5, 5.41) is 15.3. The Kier molecular flexibility index (Phi) is 6.91. The number of thiazole rings is 1. The third-order valence-electron chi connectivity index (χ3n) is 4.38. The molecule has 1 heterocycles. The number of aromatic nitrogens is 1. The number of methoxy groups -OCH3 is 1. The number of phenols is 1. The molecular formula is C20H17ClF3N3O4S. The highest BCUT2D eigenvalue weighted by molar-refractivity contribution is 7.22. The van der Waals surface area contributed by atoms with Crippen LogP contribution in [0.4, 0.5) is 18.3 Å². The predicted octanol–water partition coefficient (Wildman–Crippen LogP) is 4.50. The minimum atomic E-state index is -4.61. The first-order valence-corrected chi connectivity index (χ1v) is 10.3. The van der Waals surface area contributed by atoms with Gasteiger partial charge in [-0.05, 0) is 42.3 Å². The van der Waals surface area contributed by atoms with Crippen molar-refractivity contribution in [1.29, 1.82) is 0 Å². The topological polar surface area (TPSA) is 101 Å². The van der Waals surface area contributed by atoms with Gasteiger partial charge in [-0.25, -0.2) is 4.98 Å². The van der Waals surface area contributed by atoms with E-state index in [9.17, 15) is 27.9 Å². The number of hydrogen-bond donors (Lipinski definition) is 3. The van der Waals surface area contributed by atoms with E-state index >= 15 is 0 Å². The lowest BCUT2D eigenvalue weighted by Crippen LogP contribution is -2.26. The number of aromatic hydroxyl groups is 1. The van der Waals surface area contributed by atoms with E-state index in [1.165, 1.54) is 19.2 Å². The van der Waals surface area contributed by atoms with E-state index < -0.39 is 23.6 Å². The molecule has 0 saturated heterocycles. The molecule has 0 spiro atoms. The Balaban J connectivity index is 1.96. The highest BCUT2D eigenvalue weighted by Gasteiger charge is 2.32. The maximum Gasteiger partial charge on any atom is 0.416 e. The van der Waals surface area contributed by atoms with Crippen LogP contribution >= 0.6 is 22.9 Å². The smallest absolute Gasteiger partial charge is 0.416 e. The fraction of sp³-hybridized carbons (Fsp3) is 0.250. The number of nitrogens with zero attached hydrogens (tertiary/aromatic N) is 1. The molecule has 0 saturated carbocycles. The molecule has 3 rings (SSSR count). The molecule has 7 nitrogen and oxygen atoms in total. The van der Waals surface area contributed by atoms with Gasteiger partial charge < -0.3 is 15.2 Å². The number of phenolic OH excluding ortho intramolecular Hbond substituents is 1. The minimum Gasteiger partial charge on any atom is -0.507 e. The summed E-state index contributed by atoms with van der Waals surface area (Å²) in [6.45, 7) is 1.11. The van der Waals surface area contributed by atoms with Crippen molar-refractivity contribution in [2.75, 3.05) is 19.0 Å². The number of aryl methyl sites for hydroxylation is 1. The number of carbonyl (C=O) groups excluding carboxylic acids is 2. The van der Waals surface area contributed by atoms with Crippen molar-refractivity contribution < 1.29 is 32.6 Å². The van der Waals surface area contributed by atoms with Gasteiger partial charge in [0.05, 0.1) is 21.3 Å². The van der Waals surface area contributed by atoms with Crippen LogP contribution in [0.1, 0.15) is 27.0 Å². The van der Waals surface area contributed by atoms with Crippen LogP contribution in [0.15, 0.2) is 24.3 Å². The van der Waals surface area contributed by atoms with Crippen molar-refractivity contribution in [2.24, 2.45) is 0 Å². The maximum atomic E-state index is 13.3. The maximum absolute atomic E-state index is 13.3. The quantitative estimate of drug-likeness (QED) is 0.475. The number of alkyl halides is 3. The largest absolute Gasteiger partial charge is 0.507 e. The second kappa shape index (κ2) is 9.31. The second-order valence-electron chi connectivity index (χ2n) is 6.78. The van der Waals surface area contributed by atoms with Crippen molar-refractivity contribution >= 4 is 50.1 Å². The lowest BCUT2D eigenvalue weighted by Gasteiger charge is -2.10. The zero-order valence-corrected chi connectivity index (χ0v) is 18.3. The fourth-order valence-electron chi connectivity index (χ4n) is 2.90. The Morgan fingerprint density at radius 2 is 1.97 bits per heavy atom. The number of nitrogens with one attached hydrogen (secondary N) is 2. The van der Waals surface area contributed by atoms with Gasteiger partial charge in [0.1, 0.15) is 12.4 Å². The van der Waals surface area contributed by atoms with E-state index in [0.29, 0.717) is 5.56 Å². The molecule has 0 aliphatic carbocycles. The average Bonchev–Trinajstić information content (AvgIpc) is 3.10. The summed E-state index contributed by atoms with van der Waals surface area (Å²) in [7, 11) is 1.32. The van der Waals surface area contributed by atoms with Crippen LogP contribution in [-0.4, -0.2) is 35.6 Å². The zero-order chi connectivity index (χ0) is 23.6. The van der Waals surface area contributed by atoms with E-state index in [4.69, 9.17) is 16.3 Å². The summed E-state index contributed by atoms with van der Waals surface area (Å²) in [6.07, 6.45) is -4.61. The van der Waals surface area contributed by atoms with Crippen LogP contribution < -0.4 is 10.6 Å². The molecular weight excluding hydrogens is 471 g/mol. The molecule has 2 aromatic carbocycles. The molecule has 0 unspecified atom stereocenters. The van der Waals surface area contributed by atoms with Gasteiger partial charge in [0.25, 0.3) is 5.91 Å². The van der Waals surface area contributed by atoms with Gasteiger partial charge in [0.15, 0.2) is 5.13 Å². The first-order chi connectivity index (χ1) is 15.0. The van der Waals surface area contributed by atoms with Crippen LogP contribution in [0, 0.1) is 6.92 Å². The van der Waals surface area contributed by atoms with Gasteiger partial charge in [-0.15, -0.1) is 0 Å². The van der Waals surface area contributed by atoms with Crippen molar-refractivity contribution in [1.82, 2.24) is 10.3 Å². The first-order valence-electron chi connectivity index (χ1n) is 9.06. The molecule has 0 fully saturated rings. The molecule has 3 aromatic rings. The Labute approximate surface area is 189 Å². The van der Waals surface area contributed by atoms with E-state index in [1.54, 1.807) is 6.92 Å². The normalized spacial score (nSPS) is 11.6. The van der Waals surface area contributed by atoms with E-state index in [0.717, 1.165) is 23.5 Å². The molecule has 2 amide bonds. The van der Waals surface area contributed by atoms with Crippen molar-refractivity contribution in [2.45, 2.75) is 19.6 Å². The molecule has 0 atom stereocenters. The molecule has 32 heavy (non-hydrogen) atoms. The third-order valence-corrected chi connectivity index (χ3v) is 5.52. The summed E-state index contributed by atoms with van der Waals surface area (Å²) in [4.78, 5) is 28.5. The highest BCUT2D eigenvalue weighted by atomic mass is 35.5. The molecule has 0 aliphatic heterocycles. The van der Waals surface area contributed by atoms with Crippen molar-refractivity contribution in [3.8, 4) is 5.75 Å². The number of amides is 2. The Hall–Kier alpha value is -2.89. The predicted molar refractivity (Wildman–Crippen MR) is 114 cm³/mol. The Bertz CT molecular complexity index is 1200. The number of ether oxygens (including phenoxy) is 1. The summed E-state index contributed by atoms with van der Waals surface area (Å²) in [5.74, 6) is -1.50. The number of hydrogen-bond acceptors (Lipinski definition) is 6. The van der Waals surface area contributed by atoms with Crippen molar-refractivity contribution in [3.63, 3.8) is 0 Å². The van der Waals surface area contributed by atoms with E-state index in [2.05, 4.69) is 15.6 Å². The zero-order valence-electron chi connectivity index (χ0n) is 16.8. The highest BCUT2D eigenvalue weighted by Crippen LogP contribution is 2.37.